The third kappa shape index (κ3) is 7.71. The lowest BCUT2D eigenvalue weighted by atomic mass is 10.1. The summed E-state index contributed by atoms with van der Waals surface area (Å²) in [6.45, 7) is 8.34. The number of methoxy groups -OCH3 is 2. The fourth-order valence-electron chi connectivity index (χ4n) is 3.41. The molecule has 2 aromatic carbocycles. The number of amides is 2. The molecule has 3 aromatic rings. The average molecular weight is 522 g/mol. The number of benzene rings is 2. The van der Waals surface area contributed by atoms with Crippen LogP contribution in [-0.4, -0.2) is 46.6 Å². The predicted octanol–water partition coefficient (Wildman–Crippen LogP) is 4.16. The Morgan fingerprint density at radius 3 is 2.59 bits per heavy atom. The molecule has 0 aliphatic carbocycles. The lowest BCUT2D eigenvalue weighted by molar-refractivity contribution is -0.116. The van der Waals surface area contributed by atoms with Crippen molar-refractivity contribution in [2.24, 2.45) is 0 Å². The highest BCUT2D eigenvalue weighted by Crippen LogP contribution is 2.28. The Labute approximate surface area is 221 Å². The molecule has 37 heavy (non-hydrogen) atoms. The maximum atomic E-state index is 12.5. The standard InChI is InChI=1S/C27H31N5O4S/c1-6-13-32-24(16-28-25(33)12-10-20-9-11-22(35-4)23(15-20)36-5)30-31-27(32)37-17-26(34)29-21-14-18(2)7-8-19(21)3/h6-12,14-15H,1,13,16-17H2,2-5H3,(H,28,33)(H,29,34)/b12-10+. The van der Waals surface area contributed by atoms with Crippen molar-refractivity contribution in [1.29, 1.82) is 0 Å². The summed E-state index contributed by atoms with van der Waals surface area (Å²) >= 11 is 1.27. The molecule has 10 heteroatoms. The number of carbonyl (C=O) groups is 2. The molecule has 0 aliphatic rings. The van der Waals surface area contributed by atoms with Crippen LogP contribution in [0.3, 0.4) is 0 Å². The number of ether oxygens (including phenoxy) is 2. The first-order chi connectivity index (χ1) is 17.8. The van der Waals surface area contributed by atoms with E-state index in [0.29, 0.717) is 29.0 Å². The molecule has 0 aliphatic heterocycles. The Morgan fingerprint density at radius 2 is 1.86 bits per heavy atom. The van der Waals surface area contributed by atoms with E-state index < -0.39 is 0 Å². The van der Waals surface area contributed by atoms with Gasteiger partial charge in [0, 0.05) is 18.3 Å². The summed E-state index contributed by atoms with van der Waals surface area (Å²) in [7, 11) is 3.12. The van der Waals surface area contributed by atoms with Crippen molar-refractivity contribution in [1.82, 2.24) is 20.1 Å². The molecule has 0 unspecified atom stereocenters. The predicted molar refractivity (Wildman–Crippen MR) is 146 cm³/mol. The first kappa shape index (κ1) is 27.5. The lowest BCUT2D eigenvalue weighted by Crippen LogP contribution is -2.23. The molecule has 3 rings (SSSR count). The van der Waals surface area contributed by atoms with Gasteiger partial charge in [-0.05, 0) is 54.8 Å². The number of nitrogens with zero attached hydrogens (tertiary/aromatic N) is 3. The Bertz CT molecular complexity index is 1300. The summed E-state index contributed by atoms with van der Waals surface area (Å²) in [5.74, 6) is 1.50. The molecule has 0 saturated carbocycles. The number of aryl methyl sites for hydroxylation is 2. The molecule has 2 N–H and O–H groups in total. The number of hydrogen-bond acceptors (Lipinski definition) is 7. The van der Waals surface area contributed by atoms with Crippen LogP contribution >= 0.6 is 11.8 Å². The van der Waals surface area contributed by atoms with Gasteiger partial charge < -0.3 is 24.7 Å². The minimum Gasteiger partial charge on any atom is -0.493 e. The summed E-state index contributed by atoms with van der Waals surface area (Å²) in [5, 5.41) is 14.7. The molecule has 0 atom stereocenters. The SMILES string of the molecule is C=CCn1c(CNC(=O)/C=C/c2ccc(OC)c(OC)c2)nnc1SCC(=O)Nc1cc(C)ccc1C. The second kappa shape index (κ2) is 13.3. The van der Waals surface area contributed by atoms with Gasteiger partial charge in [0.2, 0.25) is 11.8 Å². The Morgan fingerprint density at radius 1 is 1.08 bits per heavy atom. The van der Waals surface area contributed by atoms with E-state index in [0.717, 1.165) is 22.4 Å². The zero-order valence-electron chi connectivity index (χ0n) is 21.4. The van der Waals surface area contributed by atoms with Crippen LogP contribution in [0.5, 0.6) is 11.5 Å². The van der Waals surface area contributed by atoms with Gasteiger partial charge in [0.15, 0.2) is 22.5 Å². The molecule has 1 heterocycles. The molecule has 0 fully saturated rings. The van der Waals surface area contributed by atoms with Crippen LogP contribution in [0.4, 0.5) is 5.69 Å². The van der Waals surface area contributed by atoms with Crippen LogP contribution in [0, 0.1) is 13.8 Å². The van der Waals surface area contributed by atoms with Gasteiger partial charge in [-0.1, -0.05) is 36.0 Å². The van der Waals surface area contributed by atoms with Crippen LogP contribution in [0.2, 0.25) is 0 Å². The summed E-state index contributed by atoms with van der Waals surface area (Å²) in [6, 6.07) is 11.3. The van der Waals surface area contributed by atoms with Crippen molar-refractivity contribution < 1.29 is 19.1 Å². The summed E-state index contributed by atoms with van der Waals surface area (Å²) in [6.07, 6.45) is 4.83. The first-order valence-electron chi connectivity index (χ1n) is 11.6. The van der Waals surface area contributed by atoms with E-state index in [2.05, 4.69) is 27.4 Å². The Balaban J connectivity index is 1.58. The van der Waals surface area contributed by atoms with Gasteiger partial charge >= 0.3 is 0 Å². The number of allylic oxidation sites excluding steroid dienone is 1. The van der Waals surface area contributed by atoms with E-state index in [1.165, 1.54) is 17.8 Å². The first-order valence-corrected chi connectivity index (χ1v) is 12.5. The van der Waals surface area contributed by atoms with E-state index in [1.54, 1.807) is 38.5 Å². The zero-order valence-corrected chi connectivity index (χ0v) is 22.2. The Kier molecular flexibility index (Phi) is 9.91. The molecule has 194 valence electrons. The number of carbonyl (C=O) groups excluding carboxylic acids is 2. The molecule has 0 spiro atoms. The zero-order chi connectivity index (χ0) is 26.8. The van der Waals surface area contributed by atoms with Crippen molar-refractivity contribution >= 4 is 35.3 Å². The van der Waals surface area contributed by atoms with Crippen LogP contribution in [-0.2, 0) is 22.7 Å². The molecule has 2 amide bonds. The van der Waals surface area contributed by atoms with Crippen LogP contribution < -0.4 is 20.1 Å². The molecule has 0 radical (unpaired) electrons. The summed E-state index contributed by atoms with van der Waals surface area (Å²) < 4.78 is 12.3. The molecule has 0 saturated heterocycles. The van der Waals surface area contributed by atoms with Crippen molar-refractivity contribution in [2.45, 2.75) is 32.1 Å². The summed E-state index contributed by atoms with van der Waals surface area (Å²) in [5.41, 5.74) is 3.66. The third-order valence-electron chi connectivity index (χ3n) is 5.36. The quantitative estimate of drug-likeness (QED) is 0.209. The van der Waals surface area contributed by atoms with Gasteiger partial charge in [0.05, 0.1) is 26.5 Å². The number of thioether (sulfide) groups is 1. The molecule has 0 bridgehead atoms. The Hall–Kier alpha value is -4.05. The van der Waals surface area contributed by atoms with Crippen molar-refractivity contribution in [3.8, 4) is 11.5 Å². The minimum atomic E-state index is -0.287. The molecule has 1 aromatic heterocycles. The summed E-state index contributed by atoms with van der Waals surface area (Å²) in [4.78, 5) is 24.9. The van der Waals surface area contributed by atoms with Gasteiger partial charge in [0.1, 0.15) is 0 Å². The van der Waals surface area contributed by atoms with Gasteiger partial charge in [0.25, 0.3) is 0 Å². The van der Waals surface area contributed by atoms with Crippen LogP contribution in [0.15, 0.2) is 60.3 Å². The van der Waals surface area contributed by atoms with Crippen molar-refractivity contribution in [2.75, 3.05) is 25.3 Å². The van der Waals surface area contributed by atoms with E-state index in [-0.39, 0.29) is 24.1 Å². The highest BCUT2D eigenvalue weighted by atomic mass is 32.2. The van der Waals surface area contributed by atoms with Crippen molar-refractivity contribution in [3.05, 3.63) is 77.6 Å². The fraction of sp³-hybridized carbons (Fsp3) is 0.259. The number of rotatable bonds is 12. The number of nitrogens with one attached hydrogen (secondary N) is 2. The van der Waals surface area contributed by atoms with Gasteiger partial charge in [-0.2, -0.15) is 0 Å². The van der Waals surface area contributed by atoms with E-state index in [4.69, 9.17) is 9.47 Å². The molecule has 9 nitrogen and oxygen atoms in total. The molecular weight excluding hydrogens is 490 g/mol. The van der Waals surface area contributed by atoms with E-state index in [9.17, 15) is 9.59 Å². The maximum absolute atomic E-state index is 12.5. The lowest BCUT2D eigenvalue weighted by Gasteiger charge is -2.10. The number of aromatic nitrogens is 3. The normalized spacial score (nSPS) is 10.8. The van der Waals surface area contributed by atoms with Gasteiger partial charge in [-0.25, -0.2) is 0 Å². The fourth-order valence-corrected chi connectivity index (χ4v) is 4.18. The minimum absolute atomic E-state index is 0.137. The number of anilines is 1. The second-order valence-electron chi connectivity index (χ2n) is 8.12. The highest BCUT2D eigenvalue weighted by Gasteiger charge is 2.14. The second-order valence-corrected chi connectivity index (χ2v) is 9.06. The van der Waals surface area contributed by atoms with E-state index in [1.807, 2.05) is 42.7 Å². The third-order valence-corrected chi connectivity index (χ3v) is 6.33. The van der Waals surface area contributed by atoms with Crippen molar-refractivity contribution in [3.63, 3.8) is 0 Å². The number of hydrogen-bond donors (Lipinski definition) is 2. The average Bonchev–Trinajstić information content (AvgIpc) is 3.28. The smallest absolute Gasteiger partial charge is 0.244 e. The highest BCUT2D eigenvalue weighted by molar-refractivity contribution is 7.99. The monoisotopic (exact) mass is 521 g/mol. The largest absolute Gasteiger partial charge is 0.493 e. The topological polar surface area (TPSA) is 107 Å². The van der Waals surface area contributed by atoms with Gasteiger partial charge in [-0.3, -0.25) is 9.59 Å². The maximum Gasteiger partial charge on any atom is 0.244 e. The van der Waals surface area contributed by atoms with Crippen LogP contribution in [0.1, 0.15) is 22.5 Å². The van der Waals surface area contributed by atoms with Gasteiger partial charge in [-0.15, -0.1) is 16.8 Å². The molecular formula is C27H31N5O4S. The van der Waals surface area contributed by atoms with E-state index >= 15 is 0 Å². The van der Waals surface area contributed by atoms with Crippen LogP contribution in [0.25, 0.3) is 6.08 Å².